The number of aromatic amines is 1. The lowest BCUT2D eigenvalue weighted by molar-refractivity contribution is -0.113. The Hall–Kier alpha value is -3.91. The van der Waals surface area contributed by atoms with Crippen LogP contribution in [0.2, 0.25) is 5.15 Å². The van der Waals surface area contributed by atoms with Crippen LogP contribution >= 0.6 is 11.6 Å². The van der Waals surface area contributed by atoms with Crippen molar-refractivity contribution in [2.24, 2.45) is 0 Å². The van der Waals surface area contributed by atoms with Crippen LogP contribution in [0.4, 0.5) is 11.8 Å². The van der Waals surface area contributed by atoms with Crippen LogP contribution in [-0.4, -0.2) is 70.7 Å². The zero-order valence-electron chi connectivity index (χ0n) is 22.2. The predicted molar refractivity (Wildman–Crippen MR) is 150 cm³/mol. The average Bonchev–Trinajstić information content (AvgIpc) is 3.47. The number of carbonyl (C=O) groups is 1. The Balaban J connectivity index is 1.40. The van der Waals surface area contributed by atoms with Crippen LogP contribution in [-0.2, 0) is 16.1 Å². The van der Waals surface area contributed by atoms with E-state index in [1.165, 1.54) is 4.90 Å². The van der Waals surface area contributed by atoms with Gasteiger partial charge in [0.2, 0.25) is 5.95 Å². The smallest absolute Gasteiger partial charge is 0.260 e. The van der Waals surface area contributed by atoms with Crippen molar-refractivity contribution in [3.05, 3.63) is 57.3 Å². The van der Waals surface area contributed by atoms with Crippen LogP contribution in [0.5, 0.6) is 5.75 Å². The third kappa shape index (κ3) is 5.61. The molecule has 11 heteroatoms. The molecule has 0 aromatic carbocycles. The molecule has 10 nitrogen and oxygen atoms in total. The second kappa shape index (κ2) is 11.5. The fraction of sp³-hybridized carbons (Fsp3) is 0.357. The summed E-state index contributed by atoms with van der Waals surface area (Å²) in [4.78, 5) is 33.8. The molecule has 3 aromatic heterocycles. The first-order valence-electron chi connectivity index (χ1n) is 12.7. The number of aryl methyl sites for hydroxylation is 1. The van der Waals surface area contributed by atoms with E-state index in [2.05, 4.69) is 36.7 Å². The molecule has 1 amide bonds. The zero-order valence-corrected chi connectivity index (χ0v) is 22.9. The fourth-order valence-electron chi connectivity index (χ4n) is 4.80. The summed E-state index contributed by atoms with van der Waals surface area (Å²) in [6.07, 6.45) is 6.05. The third-order valence-electron chi connectivity index (χ3n) is 6.82. The zero-order chi connectivity index (χ0) is 27.5. The number of hydrogen-bond acceptors (Lipinski definition) is 8. The molecule has 3 aromatic rings. The van der Waals surface area contributed by atoms with Gasteiger partial charge in [0.25, 0.3) is 5.91 Å². The molecule has 0 radical (unpaired) electrons. The number of amides is 1. The van der Waals surface area contributed by atoms with Crippen LogP contribution in [0.25, 0.3) is 11.6 Å². The molecule has 0 spiro atoms. The molecule has 0 unspecified atom stereocenters. The maximum atomic E-state index is 13.7. The number of ether oxygens (including phenoxy) is 2. The van der Waals surface area contributed by atoms with Crippen LogP contribution in [0.1, 0.15) is 40.1 Å². The Morgan fingerprint density at radius 3 is 2.85 bits per heavy atom. The number of hydrogen-bond donors (Lipinski definition) is 2. The Bertz CT molecular complexity index is 1500. The highest BCUT2D eigenvalue weighted by Crippen LogP contribution is 2.41. The molecule has 0 atom stereocenters. The summed E-state index contributed by atoms with van der Waals surface area (Å²) in [6, 6.07) is 1.90. The SMILES string of the molecule is COc1c(C)cnc(CN2C(=O)C(=Cc3cc(C#CCCN4CCOCC4)c[nH]3)c3c(Cl)nc(N)nc32)c1C. The van der Waals surface area contributed by atoms with Gasteiger partial charge in [-0.2, -0.15) is 4.98 Å². The number of nitrogens with one attached hydrogen (secondary N) is 1. The standard InChI is InChI=1S/C28H30ClN7O3/c1-17-14-32-22(18(2)24(17)38-3)16-36-26-23(25(29)33-28(30)34-26)21(27(36)37)13-20-12-19(15-31-20)6-4-5-7-35-8-10-39-11-9-35/h12-15,31H,5,7-11,16H2,1-3H3,(H2,30,33,34). The van der Waals surface area contributed by atoms with Gasteiger partial charge in [0, 0.05) is 60.8 Å². The Labute approximate surface area is 232 Å². The van der Waals surface area contributed by atoms with E-state index in [1.54, 1.807) is 19.4 Å². The van der Waals surface area contributed by atoms with E-state index in [9.17, 15) is 4.79 Å². The average molecular weight is 548 g/mol. The second-order valence-corrected chi connectivity index (χ2v) is 9.77. The maximum Gasteiger partial charge on any atom is 0.260 e. The molecule has 5 rings (SSSR count). The molecular weight excluding hydrogens is 518 g/mol. The highest BCUT2D eigenvalue weighted by molar-refractivity contribution is 6.41. The number of H-pyrrole nitrogens is 1. The highest BCUT2D eigenvalue weighted by atomic mass is 35.5. The van der Waals surface area contributed by atoms with Crippen LogP contribution < -0.4 is 15.4 Å². The van der Waals surface area contributed by atoms with E-state index < -0.39 is 0 Å². The molecule has 3 N–H and O–H groups in total. The number of rotatable bonds is 6. The van der Waals surface area contributed by atoms with E-state index in [4.69, 9.17) is 26.8 Å². The molecule has 2 aliphatic heterocycles. The minimum absolute atomic E-state index is 0.0153. The van der Waals surface area contributed by atoms with Crippen molar-refractivity contribution in [1.29, 1.82) is 0 Å². The van der Waals surface area contributed by atoms with Crippen LogP contribution in [0.3, 0.4) is 0 Å². The first kappa shape index (κ1) is 26.7. The summed E-state index contributed by atoms with van der Waals surface area (Å²) in [5, 5.41) is 0.112. The molecular formula is C28H30ClN7O3. The molecule has 0 saturated carbocycles. The molecule has 1 fully saturated rings. The van der Waals surface area contributed by atoms with Gasteiger partial charge < -0.3 is 20.2 Å². The van der Waals surface area contributed by atoms with Crippen molar-refractivity contribution in [3.8, 4) is 17.6 Å². The predicted octanol–water partition coefficient (Wildman–Crippen LogP) is 3.22. The fourth-order valence-corrected chi connectivity index (χ4v) is 5.07. The van der Waals surface area contributed by atoms with Gasteiger partial charge in [-0.25, -0.2) is 4.98 Å². The van der Waals surface area contributed by atoms with E-state index in [1.807, 2.05) is 26.1 Å². The molecule has 0 bridgehead atoms. The third-order valence-corrected chi connectivity index (χ3v) is 7.09. The molecule has 2 aliphatic rings. The van der Waals surface area contributed by atoms with Gasteiger partial charge in [-0.1, -0.05) is 23.4 Å². The van der Waals surface area contributed by atoms with Gasteiger partial charge in [0.05, 0.1) is 43.7 Å². The minimum atomic E-state index is -0.278. The van der Waals surface area contributed by atoms with Gasteiger partial charge >= 0.3 is 0 Å². The summed E-state index contributed by atoms with van der Waals surface area (Å²) in [6.45, 7) is 8.37. The summed E-state index contributed by atoms with van der Waals surface area (Å²) >= 11 is 6.49. The number of nitrogens with zero attached hydrogens (tertiary/aromatic N) is 5. The van der Waals surface area contributed by atoms with E-state index >= 15 is 0 Å². The first-order chi connectivity index (χ1) is 18.9. The summed E-state index contributed by atoms with van der Waals surface area (Å²) in [5.41, 5.74) is 10.7. The van der Waals surface area contributed by atoms with Crippen LogP contribution in [0, 0.1) is 25.7 Å². The number of anilines is 2. The summed E-state index contributed by atoms with van der Waals surface area (Å²) in [7, 11) is 1.61. The number of halogens is 1. The second-order valence-electron chi connectivity index (χ2n) is 9.42. The molecule has 0 aliphatic carbocycles. The Morgan fingerprint density at radius 2 is 2.08 bits per heavy atom. The highest BCUT2D eigenvalue weighted by Gasteiger charge is 2.37. The van der Waals surface area contributed by atoms with Gasteiger partial charge in [0.1, 0.15) is 10.9 Å². The normalized spacial score (nSPS) is 16.4. The van der Waals surface area contributed by atoms with Crippen molar-refractivity contribution < 1.29 is 14.3 Å². The Morgan fingerprint density at radius 1 is 1.28 bits per heavy atom. The van der Waals surface area contributed by atoms with Gasteiger partial charge in [0.15, 0.2) is 5.82 Å². The summed E-state index contributed by atoms with van der Waals surface area (Å²) in [5.74, 6) is 7.20. The molecule has 1 saturated heterocycles. The number of nitrogens with two attached hydrogens (primary N) is 1. The van der Waals surface area contributed by atoms with Gasteiger partial charge in [-0.15, -0.1) is 0 Å². The van der Waals surface area contributed by atoms with Gasteiger partial charge in [-0.3, -0.25) is 19.6 Å². The van der Waals surface area contributed by atoms with Crippen molar-refractivity contribution in [2.45, 2.75) is 26.8 Å². The van der Waals surface area contributed by atoms with E-state index in [0.717, 1.165) is 61.7 Å². The number of carbonyl (C=O) groups excluding carboxylic acids is 1. The lowest BCUT2D eigenvalue weighted by Crippen LogP contribution is -2.36. The largest absolute Gasteiger partial charge is 0.496 e. The van der Waals surface area contributed by atoms with Crippen molar-refractivity contribution in [3.63, 3.8) is 0 Å². The van der Waals surface area contributed by atoms with Crippen molar-refractivity contribution in [1.82, 2.24) is 24.8 Å². The quantitative estimate of drug-likeness (QED) is 0.274. The Kier molecular flexibility index (Phi) is 7.84. The number of methoxy groups -OCH3 is 1. The number of nitrogen functional groups attached to an aromatic ring is 1. The number of morpholine rings is 1. The van der Waals surface area contributed by atoms with E-state index in [-0.39, 0.29) is 23.6 Å². The lowest BCUT2D eigenvalue weighted by atomic mass is 10.1. The molecule has 39 heavy (non-hydrogen) atoms. The minimum Gasteiger partial charge on any atom is -0.496 e. The lowest BCUT2D eigenvalue weighted by Gasteiger charge is -2.25. The van der Waals surface area contributed by atoms with Gasteiger partial charge in [-0.05, 0) is 26.0 Å². The van der Waals surface area contributed by atoms with E-state index in [0.29, 0.717) is 28.3 Å². The monoisotopic (exact) mass is 547 g/mol. The first-order valence-corrected chi connectivity index (χ1v) is 13.1. The van der Waals surface area contributed by atoms with Crippen LogP contribution in [0.15, 0.2) is 18.5 Å². The molecule has 202 valence electrons. The summed E-state index contributed by atoms with van der Waals surface area (Å²) < 4.78 is 10.9. The molecule has 5 heterocycles. The number of fused-ring (bicyclic) bond motifs is 1. The van der Waals surface area contributed by atoms with Crippen molar-refractivity contribution >= 4 is 40.9 Å². The number of aromatic nitrogens is 4. The number of pyridine rings is 1. The topological polar surface area (TPSA) is 122 Å². The van der Waals surface area contributed by atoms with Crippen molar-refractivity contribution in [2.75, 3.05) is 50.6 Å². The maximum absolute atomic E-state index is 13.7.